The lowest BCUT2D eigenvalue weighted by Crippen LogP contribution is -2.44. The molecule has 0 saturated carbocycles. The largest absolute Gasteiger partial charge is 0.494 e. The highest BCUT2D eigenvalue weighted by Gasteiger charge is 2.33. The maximum absolute atomic E-state index is 13.7. The Kier molecular flexibility index (Phi) is 6.50. The van der Waals surface area contributed by atoms with Gasteiger partial charge in [-0.05, 0) is 37.0 Å². The summed E-state index contributed by atoms with van der Waals surface area (Å²) in [7, 11) is -1.62. The van der Waals surface area contributed by atoms with Crippen molar-refractivity contribution < 1.29 is 17.9 Å². The fourth-order valence-corrected chi connectivity index (χ4v) is 5.97. The number of piperidine rings is 1. The van der Waals surface area contributed by atoms with Crippen LogP contribution < -0.4 is 9.64 Å². The zero-order valence-corrected chi connectivity index (χ0v) is 20.1. The summed E-state index contributed by atoms with van der Waals surface area (Å²) < 4.78 is 31.7. The summed E-state index contributed by atoms with van der Waals surface area (Å²) in [6.45, 7) is 3.16. The normalized spacial score (nSPS) is 15.7. The van der Waals surface area contributed by atoms with E-state index in [1.807, 2.05) is 49.4 Å². The van der Waals surface area contributed by atoms with Crippen molar-refractivity contribution in [2.24, 2.45) is 5.92 Å². The van der Waals surface area contributed by atoms with Crippen molar-refractivity contribution in [2.45, 2.75) is 26.3 Å². The first kappa shape index (κ1) is 22.7. The van der Waals surface area contributed by atoms with Crippen molar-refractivity contribution in [1.82, 2.24) is 9.29 Å². The molecule has 1 aliphatic heterocycles. The number of rotatable bonds is 6. The highest BCUT2D eigenvalue weighted by atomic mass is 32.2. The highest BCUT2D eigenvalue weighted by molar-refractivity contribution is 7.88. The predicted molar refractivity (Wildman–Crippen MR) is 128 cm³/mol. The third-order valence-corrected chi connectivity index (χ3v) is 8.38. The number of anilines is 1. The quantitative estimate of drug-likeness (QED) is 0.544. The minimum absolute atomic E-state index is 0.0160. The monoisotopic (exact) mass is 473 g/mol. The summed E-state index contributed by atoms with van der Waals surface area (Å²) >= 11 is 1.49. The Morgan fingerprint density at radius 2 is 1.88 bits per heavy atom. The van der Waals surface area contributed by atoms with Gasteiger partial charge in [0.25, 0.3) is 0 Å². The summed E-state index contributed by atoms with van der Waals surface area (Å²) in [6, 6.07) is 13.7. The van der Waals surface area contributed by atoms with E-state index in [1.165, 1.54) is 21.9 Å². The van der Waals surface area contributed by atoms with Gasteiger partial charge in [-0.3, -0.25) is 9.69 Å². The van der Waals surface area contributed by atoms with Crippen molar-refractivity contribution in [1.29, 1.82) is 0 Å². The molecule has 0 spiro atoms. The van der Waals surface area contributed by atoms with E-state index >= 15 is 0 Å². The Morgan fingerprint density at radius 1 is 1.19 bits per heavy atom. The molecule has 0 aliphatic carbocycles. The molecule has 0 N–H and O–H groups in total. The number of methoxy groups -OCH3 is 1. The van der Waals surface area contributed by atoms with Crippen molar-refractivity contribution >= 4 is 42.6 Å². The van der Waals surface area contributed by atoms with Crippen LogP contribution in [0, 0.1) is 12.8 Å². The maximum atomic E-state index is 13.7. The Morgan fingerprint density at radius 3 is 2.50 bits per heavy atom. The van der Waals surface area contributed by atoms with Gasteiger partial charge >= 0.3 is 0 Å². The molecule has 170 valence electrons. The van der Waals surface area contributed by atoms with E-state index < -0.39 is 10.0 Å². The first-order valence-corrected chi connectivity index (χ1v) is 13.2. The van der Waals surface area contributed by atoms with Gasteiger partial charge in [0.15, 0.2) is 5.13 Å². The average Bonchev–Trinajstić information content (AvgIpc) is 3.24. The molecule has 0 bridgehead atoms. The highest BCUT2D eigenvalue weighted by Crippen LogP contribution is 2.38. The molecular formula is C23H27N3O4S2. The standard InChI is InChI=1S/C23H27N3O4S2/c1-16-9-10-19(30-2)20-21(16)31-23(24-20)26(15-17-7-5-4-6-8-17)22(27)18-11-13-25(14-12-18)32(3,28)29/h4-10,18H,11-15H2,1-3H3. The number of hydrogen-bond donors (Lipinski definition) is 0. The lowest BCUT2D eigenvalue weighted by Gasteiger charge is -2.32. The molecule has 3 aromatic rings. The maximum Gasteiger partial charge on any atom is 0.232 e. The van der Waals surface area contributed by atoms with Crippen LogP contribution in [0.1, 0.15) is 24.0 Å². The second-order valence-electron chi connectivity index (χ2n) is 8.11. The Hall–Kier alpha value is -2.49. The molecule has 1 amide bonds. The first-order valence-electron chi connectivity index (χ1n) is 10.5. The van der Waals surface area contributed by atoms with Crippen LogP contribution in [-0.2, 0) is 21.4 Å². The number of amides is 1. The molecule has 4 rings (SSSR count). The van der Waals surface area contributed by atoms with Crippen LogP contribution in [0.25, 0.3) is 10.2 Å². The zero-order chi connectivity index (χ0) is 22.9. The minimum Gasteiger partial charge on any atom is -0.494 e. The smallest absolute Gasteiger partial charge is 0.232 e. The molecule has 9 heteroatoms. The minimum atomic E-state index is -3.24. The number of thiazole rings is 1. The Balaban J connectivity index is 1.68. The summed E-state index contributed by atoms with van der Waals surface area (Å²) in [5.41, 5.74) is 2.85. The van der Waals surface area contributed by atoms with Crippen LogP contribution in [0.4, 0.5) is 5.13 Å². The first-order chi connectivity index (χ1) is 15.3. The average molecular weight is 474 g/mol. The van der Waals surface area contributed by atoms with Crippen LogP contribution >= 0.6 is 11.3 Å². The number of carbonyl (C=O) groups is 1. The van der Waals surface area contributed by atoms with Gasteiger partial charge in [-0.15, -0.1) is 0 Å². The number of aryl methyl sites for hydroxylation is 1. The molecule has 2 heterocycles. The lowest BCUT2D eigenvalue weighted by molar-refractivity contribution is -0.123. The summed E-state index contributed by atoms with van der Waals surface area (Å²) in [6.07, 6.45) is 2.22. The molecule has 0 radical (unpaired) electrons. The van der Waals surface area contributed by atoms with Gasteiger partial charge in [-0.2, -0.15) is 0 Å². The number of benzene rings is 2. The van der Waals surface area contributed by atoms with Gasteiger partial charge in [0.2, 0.25) is 15.9 Å². The van der Waals surface area contributed by atoms with E-state index in [4.69, 9.17) is 9.72 Å². The summed E-state index contributed by atoms with van der Waals surface area (Å²) in [5, 5.41) is 0.631. The van der Waals surface area contributed by atoms with E-state index in [2.05, 4.69) is 0 Å². The molecule has 1 aromatic heterocycles. The van der Waals surface area contributed by atoms with Gasteiger partial charge in [-0.25, -0.2) is 17.7 Å². The van der Waals surface area contributed by atoms with Gasteiger partial charge in [0, 0.05) is 19.0 Å². The predicted octanol–water partition coefficient (Wildman–Crippen LogP) is 3.82. The Labute approximate surface area is 192 Å². The van der Waals surface area contributed by atoms with Crippen molar-refractivity contribution in [3.63, 3.8) is 0 Å². The third-order valence-electron chi connectivity index (χ3n) is 5.86. The van der Waals surface area contributed by atoms with Crippen LogP contribution in [0.5, 0.6) is 5.75 Å². The number of ether oxygens (including phenoxy) is 1. The molecule has 0 unspecified atom stereocenters. The molecule has 32 heavy (non-hydrogen) atoms. The molecule has 1 saturated heterocycles. The number of hydrogen-bond acceptors (Lipinski definition) is 6. The molecular weight excluding hydrogens is 446 g/mol. The van der Waals surface area contributed by atoms with Gasteiger partial charge in [-0.1, -0.05) is 47.7 Å². The van der Waals surface area contributed by atoms with E-state index in [0.717, 1.165) is 21.3 Å². The zero-order valence-electron chi connectivity index (χ0n) is 18.4. The van der Waals surface area contributed by atoms with Crippen molar-refractivity contribution in [3.05, 3.63) is 53.6 Å². The number of sulfonamides is 1. The second kappa shape index (κ2) is 9.17. The number of nitrogens with zero attached hydrogens (tertiary/aromatic N) is 3. The summed E-state index contributed by atoms with van der Waals surface area (Å²) in [4.78, 5) is 20.2. The number of fused-ring (bicyclic) bond motifs is 1. The SMILES string of the molecule is COc1ccc(C)c2sc(N(Cc3ccccc3)C(=O)C3CCN(S(C)(=O)=O)CC3)nc12. The molecule has 1 aliphatic rings. The molecule has 1 fully saturated rings. The van der Waals surface area contributed by atoms with Gasteiger partial charge in [0.1, 0.15) is 11.3 Å². The fourth-order valence-electron chi connectivity index (χ4n) is 4.04. The van der Waals surface area contributed by atoms with Gasteiger partial charge < -0.3 is 4.74 Å². The molecule has 7 nitrogen and oxygen atoms in total. The van der Waals surface area contributed by atoms with Crippen LogP contribution in [-0.4, -0.2) is 50.1 Å². The van der Waals surface area contributed by atoms with Crippen molar-refractivity contribution in [3.8, 4) is 5.75 Å². The second-order valence-corrected chi connectivity index (χ2v) is 11.1. The summed E-state index contributed by atoms with van der Waals surface area (Å²) in [5.74, 6) is 0.422. The van der Waals surface area contributed by atoms with Crippen LogP contribution in [0.2, 0.25) is 0 Å². The number of carbonyl (C=O) groups excluding carboxylic acids is 1. The molecule has 0 atom stereocenters. The number of aromatic nitrogens is 1. The van der Waals surface area contributed by atoms with E-state index in [0.29, 0.717) is 43.4 Å². The van der Waals surface area contributed by atoms with Gasteiger partial charge in [0.05, 0.1) is 24.6 Å². The van der Waals surface area contributed by atoms with E-state index in [9.17, 15) is 13.2 Å². The topological polar surface area (TPSA) is 79.8 Å². The van der Waals surface area contributed by atoms with Crippen molar-refractivity contribution in [2.75, 3.05) is 31.4 Å². The Bertz CT molecular complexity index is 1220. The van der Waals surface area contributed by atoms with Crippen LogP contribution in [0.15, 0.2) is 42.5 Å². The van der Waals surface area contributed by atoms with E-state index in [-0.39, 0.29) is 11.8 Å². The third kappa shape index (κ3) is 4.65. The van der Waals surface area contributed by atoms with Crippen LogP contribution in [0.3, 0.4) is 0 Å². The molecule has 2 aromatic carbocycles. The lowest BCUT2D eigenvalue weighted by atomic mass is 9.96. The van der Waals surface area contributed by atoms with E-state index in [1.54, 1.807) is 12.0 Å². The fraction of sp³-hybridized carbons (Fsp3) is 0.391.